The molecule has 0 aliphatic rings. The Morgan fingerprint density at radius 3 is 2.32 bits per heavy atom. The number of hydrogen-bond acceptors (Lipinski definition) is 3. The van der Waals surface area contributed by atoms with Crippen LogP contribution in [0, 0.1) is 5.82 Å². The molecule has 0 saturated carbocycles. The van der Waals surface area contributed by atoms with Crippen molar-refractivity contribution in [3.05, 3.63) is 86.6 Å². The van der Waals surface area contributed by atoms with Crippen LogP contribution >= 0.6 is 34.8 Å². The summed E-state index contributed by atoms with van der Waals surface area (Å²) in [6, 6.07) is 15.4. The van der Waals surface area contributed by atoms with Crippen molar-refractivity contribution in [1.82, 2.24) is 0 Å². The summed E-state index contributed by atoms with van der Waals surface area (Å²) in [6.45, 7) is 0.786. The lowest BCUT2D eigenvalue weighted by atomic mass is 10.2. The molecule has 0 atom stereocenters. The lowest BCUT2D eigenvalue weighted by Gasteiger charge is -2.15. The summed E-state index contributed by atoms with van der Waals surface area (Å²) >= 11 is 18.1. The summed E-state index contributed by atoms with van der Waals surface area (Å²) < 4.78 is 24.5. The highest BCUT2D eigenvalue weighted by Gasteiger charge is 2.13. The minimum absolute atomic E-state index is 0.0616. The molecule has 0 aliphatic carbocycles. The molecule has 0 spiro atoms. The Morgan fingerprint density at radius 1 is 0.893 bits per heavy atom. The molecular formula is C21H17Cl3FNO2. The summed E-state index contributed by atoms with van der Waals surface area (Å²) in [7, 11) is 1.55. The van der Waals surface area contributed by atoms with Crippen LogP contribution in [-0.2, 0) is 13.2 Å². The van der Waals surface area contributed by atoms with Gasteiger partial charge in [-0.15, -0.1) is 0 Å². The van der Waals surface area contributed by atoms with Crippen molar-refractivity contribution in [2.45, 2.75) is 13.2 Å². The second-order valence-electron chi connectivity index (χ2n) is 6.01. The van der Waals surface area contributed by atoms with Crippen LogP contribution in [0.15, 0.2) is 54.6 Å². The molecule has 7 heteroatoms. The van der Waals surface area contributed by atoms with Crippen molar-refractivity contribution in [3.8, 4) is 11.5 Å². The summed E-state index contributed by atoms with van der Waals surface area (Å²) in [6.07, 6.45) is 0. The molecule has 3 rings (SSSR count). The van der Waals surface area contributed by atoms with Crippen LogP contribution < -0.4 is 14.8 Å². The third-order valence-corrected chi connectivity index (χ3v) is 4.82. The second kappa shape index (κ2) is 9.37. The van der Waals surface area contributed by atoms with Crippen LogP contribution in [0.1, 0.15) is 11.1 Å². The van der Waals surface area contributed by atoms with Gasteiger partial charge >= 0.3 is 0 Å². The summed E-state index contributed by atoms with van der Waals surface area (Å²) in [5.41, 5.74) is 2.53. The molecule has 0 aliphatic heterocycles. The number of ether oxygens (including phenoxy) is 2. The van der Waals surface area contributed by atoms with Crippen LogP contribution in [0.5, 0.6) is 11.5 Å². The lowest BCUT2D eigenvalue weighted by molar-refractivity contribution is 0.284. The fourth-order valence-electron chi connectivity index (χ4n) is 2.56. The van der Waals surface area contributed by atoms with Gasteiger partial charge in [-0.2, -0.15) is 0 Å². The maximum Gasteiger partial charge on any atom is 0.180 e. The molecule has 3 aromatic rings. The Kier molecular flexibility index (Phi) is 6.89. The lowest BCUT2D eigenvalue weighted by Crippen LogP contribution is -2.03. The molecule has 1 N–H and O–H groups in total. The van der Waals surface area contributed by atoms with Gasteiger partial charge in [0, 0.05) is 17.3 Å². The van der Waals surface area contributed by atoms with Crippen molar-refractivity contribution in [1.29, 1.82) is 0 Å². The number of halogens is 4. The van der Waals surface area contributed by atoms with Crippen molar-refractivity contribution >= 4 is 40.5 Å². The molecule has 0 amide bonds. The number of rotatable bonds is 7. The first-order chi connectivity index (χ1) is 13.5. The summed E-state index contributed by atoms with van der Waals surface area (Å²) in [5.74, 6) is 0.530. The second-order valence-corrected chi connectivity index (χ2v) is 7.26. The van der Waals surface area contributed by atoms with E-state index in [1.54, 1.807) is 31.4 Å². The van der Waals surface area contributed by atoms with Crippen molar-refractivity contribution in [2.75, 3.05) is 12.4 Å². The van der Waals surface area contributed by atoms with Crippen LogP contribution in [0.25, 0.3) is 0 Å². The fourth-order valence-corrected chi connectivity index (χ4v) is 3.16. The molecule has 0 radical (unpaired) electrons. The molecule has 146 valence electrons. The Labute approximate surface area is 177 Å². The molecule has 0 aromatic heterocycles. The van der Waals surface area contributed by atoms with Crippen LogP contribution in [0.3, 0.4) is 0 Å². The zero-order valence-electron chi connectivity index (χ0n) is 14.9. The third kappa shape index (κ3) is 5.22. The predicted molar refractivity (Wildman–Crippen MR) is 113 cm³/mol. The first-order valence-corrected chi connectivity index (χ1v) is 9.52. The molecule has 0 heterocycles. The molecule has 0 saturated heterocycles. The Hall–Kier alpha value is -2.14. The van der Waals surface area contributed by atoms with E-state index >= 15 is 0 Å². The van der Waals surface area contributed by atoms with Crippen molar-refractivity contribution < 1.29 is 13.9 Å². The van der Waals surface area contributed by atoms with E-state index in [9.17, 15) is 4.39 Å². The van der Waals surface area contributed by atoms with Gasteiger partial charge in [0.25, 0.3) is 0 Å². The number of nitrogens with one attached hydrogen (secondary N) is 1. The van der Waals surface area contributed by atoms with E-state index < -0.39 is 5.82 Å². The van der Waals surface area contributed by atoms with E-state index in [4.69, 9.17) is 44.3 Å². The normalized spacial score (nSPS) is 10.6. The highest BCUT2D eigenvalue weighted by atomic mass is 35.5. The maximum absolute atomic E-state index is 13.3. The zero-order chi connectivity index (χ0) is 20.1. The monoisotopic (exact) mass is 439 g/mol. The standard InChI is InChI=1S/C21H17Cl3FNO2/c1-27-20-9-14(11-26-16-6-7-19(25)17(23)10-16)8-18(24)21(20)28-12-13-2-4-15(22)5-3-13/h2-10,26H,11-12H2,1H3. The van der Waals surface area contributed by atoms with Gasteiger partial charge in [0.05, 0.1) is 17.2 Å². The highest BCUT2D eigenvalue weighted by molar-refractivity contribution is 6.32. The van der Waals surface area contributed by atoms with Crippen LogP contribution in [-0.4, -0.2) is 7.11 Å². The van der Waals surface area contributed by atoms with Gasteiger partial charge < -0.3 is 14.8 Å². The van der Waals surface area contributed by atoms with E-state index in [2.05, 4.69) is 5.32 Å². The molecule has 0 bridgehead atoms. The SMILES string of the molecule is COc1cc(CNc2ccc(F)c(Cl)c2)cc(Cl)c1OCc1ccc(Cl)cc1. The Balaban J connectivity index is 1.71. The molecule has 3 aromatic carbocycles. The number of benzene rings is 3. The van der Waals surface area contributed by atoms with E-state index in [0.29, 0.717) is 40.4 Å². The van der Waals surface area contributed by atoms with Gasteiger partial charge in [-0.05, 0) is 53.6 Å². The summed E-state index contributed by atoms with van der Waals surface area (Å²) in [4.78, 5) is 0. The number of anilines is 1. The van der Waals surface area contributed by atoms with Gasteiger partial charge in [-0.25, -0.2) is 4.39 Å². The minimum atomic E-state index is -0.459. The van der Waals surface area contributed by atoms with Crippen LogP contribution in [0.2, 0.25) is 15.1 Å². The van der Waals surface area contributed by atoms with Gasteiger partial charge in [0.2, 0.25) is 0 Å². The van der Waals surface area contributed by atoms with Gasteiger partial charge in [0.1, 0.15) is 12.4 Å². The third-order valence-electron chi connectivity index (χ3n) is 4.00. The molecular weight excluding hydrogens is 424 g/mol. The molecule has 28 heavy (non-hydrogen) atoms. The average Bonchev–Trinajstić information content (AvgIpc) is 2.69. The fraction of sp³-hybridized carbons (Fsp3) is 0.143. The van der Waals surface area contributed by atoms with E-state index in [0.717, 1.165) is 11.1 Å². The van der Waals surface area contributed by atoms with E-state index in [-0.39, 0.29) is 5.02 Å². The van der Waals surface area contributed by atoms with Gasteiger partial charge in [0.15, 0.2) is 11.5 Å². The highest BCUT2D eigenvalue weighted by Crippen LogP contribution is 2.37. The largest absolute Gasteiger partial charge is 0.493 e. The number of hydrogen-bond donors (Lipinski definition) is 1. The van der Waals surface area contributed by atoms with Crippen LogP contribution in [0.4, 0.5) is 10.1 Å². The van der Waals surface area contributed by atoms with Gasteiger partial charge in [-0.3, -0.25) is 0 Å². The molecule has 0 unspecified atom stereocenters. The average molecular weight is 441 g/mol. The maximum atomic E-state index is 13.3. The Morgan fingerprint density at radius 2 is 1.64 bits per heavy atom. The topological polar surface area (TPSA) is 30.5 Å². The number of methoxy groups -OCH3 is 1. The smallest absolute Gasteiger partial charge is 0.180 e. The quantitative estimate of drug-likeness (QED) is 0.429. The zero-order valence-corrected chi connectivity index (χ0v) is 17.2. The first kappa shape index (κ1) is 20.6. The van der Waals surface area contributed by atoms with E-state index in [1.165, 1.54) is 12.1 Å². The Bertz CT molecular complexity index is 965. The first-order valence-electron chi connectivity index (χ1n) is 8.39. The van der Waals surface area contributed by atoms with E-state index in [1.807, 2.05) is 18.2 Å². The molecule has 0 fully saturated rings. The molecule has 3 nitrogen and oxygen atoms in total. The van der Waals surface area contributed by atoms with Crippen molar-refractivity contribution in [2.24, 2.45) is 0 Å². The summed E-state index contributed by atoms with van der Waals surface area (Å²) in [5, 5.41) is 4.33. The van der Waals surface area contributed by atoms with Gasteiger partial charge in [-0.1, -0.05) is 46.9 Å². The predicted octanol–water partition coefficient (Wildman–Crippen LogP) is 6.99. The van der Waals surface area contributed by atoms with Crippen molar-refractivity contribution in [3.63, 3.8) is 0 Å². The minimum Gasteiger partial charge on any atom is -0.493 e.